The molecule has 1 amide bonds. The highest BCUT2D eigenvalue weighted by Crippen LogP contribution is 2.37. The lowest BCUT2D eigenvalue weighted by atomic mass is 9.77. The molecule has 0 spiro atoms. The van der Waals surface area contributed by atoms with E-state index in [1.165, 1.54) is 31.2 Å². The van der Waals surface area contributed by atoms with Gasteiger partial charge in [-0.2, -0.15) is 0 Å². The lowest BCUT2D eigenvalue weighted by Gasteiger charge is -2.35. The number of hydrogen-bond donors (Lipinski definition) is 2. The summed E-state index contributed by atoms with van der Waals surface area (Å²) in [7, 11) is 0. The minimum Gasteiger partial charge on any atom is -0.349 e. The van der Waals surface area contributed by atoms with Gasteiger partial charge in [-0.3, -0.25) is 4.79 Å². The second-order valence-corrected chi connectivity index (χ2v) is 6.14. The molecule has 0 radical (unpaired) electrons. The standard InChI is InChI=1S/C17H24N2O.ClH/c20-16(12-15-10-5-11-18-15)19-17(14-8-4-9-14)13-6-2-1-3-7-13;/h1-3,6-7,14-15,17-18H,4-5,8-12H2,(H,19,20);1H. The van der Waals surface area contributed by atoms with Gasteiger partial charge in [0.25, 0.3) is 0 Å². The van der Waals surface area contributed by atoms with Crippen molar-refractivity contribution in [3.05, 3.63) is 35.9 Å². The predicted octanol–water partition coefficient (Wildman–Crippen LogP) is 3.21. The summed E-state index contributed by atoms with van der Waals surface area (Å²) in [6.45, 7) is 1.06. The van der Waals surface area contributed by atoms with Gasteiger partial charge in [-0.05, 0) is 43.7 Å². The van der Waals surface area contributed by atoms with Crippen LogP contribution in [0.25, 0.3) is 0 Å². The van der Waals surface area contributed by atoms with Crippen molar-refractivity contribution in [3.8, 4) is 0 Å². The van der Waals surface area contributed by atoms with E-state index in [1.54, 1.807) is 0 Å². The van der Waals surface area contributed by atoms with Gasteiger partial charge < -0.3 is 10.6 Å². The zero-order valence-electron chi connectivity index (χ0n) is 12.4. The summed E-state index contributed by atoms with van der Waals surface area (Å²) in [6.07, 6.45) is 6.72. The van der Waals surface area contributed by atoms with E-state index in [0.717, 1.165) is 13.0 Å². The summed E-state index contributed by atoms with van der Waals surface area (Å²) >= 11 is 0. The van der Waals surface area contributed by atoms with E-state index in [4.69, 9.17) is 0 Å². The van der Waals surface area contributed by atoms with Crippen molar-refractivity contribution in [3.63, 3.8) is 0 Å². The molecule has 3 rings (SSSR count). The highest BCUT2D eigenvalue weighted by atomic mass is 35.5. The van der Waals surface area contributed by atoms with Gasteiger partial charge in [-0.25, -0.2) is 0 Å². The fourth-order valence-electron chi connectivity index (χ4n) is 3.29. The second kappa shape index (κ2) is 7.81. The van der Waals surface area contributed by atoms with Gasteiger partial charge in [0, 0.05) is 12.5 Å². The van der Waals surface area contributed by atoms with Crippen molar-refractivity contribution in [2.45, 2.75) is 50.6 Å². The van der Waals surface area contributed by atoms with E-state index in [-0.39, 0.29) is 24.4 Å². The Morgan fingerprint density at radius 3 is 2.52 bits per heavy atom. The lowest BCUT2D eigenvalue weighted by molar-refractivity contribution is -0.122. The number of benzene rings is 1. The SMILES string of the molecule is Cl.O=C(CC1CCCN1)NC(c1ccccc1)C1CCC1. The largest absolute Gasteiger partial charge is 0.349 e. The minimum atomic E-state index is 0. The number of amides is 1. The summed E-state index contributed by atoms with van der Waals surface area (Å²) in [5.41, 5.74) is 1.25. The molecule has 1 heterocycles. The van der Waals surface area contributed by atoms with Crippen LogP contribution in [0.5, 0.6) is 0 Å². The van der Waals surface area contributed by atoms with Gasteiger partial charge in [0.2, 0.25) is 5.91 Å². The quantitative estimate of drug-likeness (QED) is 0.877. The van der Waals surface area contributed by atoms with Gasteiger partial charge in [0.1, 0.15) is 0 Å². The fraction of sp³-hybridized carbons (Fsp3) is 0.588. The smallest absolute Gasteiger partial charge is 0.222 e. The number of halogens is 1. The maximum atomic E-state index is 12.3. The Morgan fingerprint density at radius 1 is 1.19 bits per heavy atom. The van der Waals surface area contributed by atoms with Crippen molar-refractivity contribution in [1.82, 2.24) is 10.6 Å². The zero-order chi connectivity index (χ0) is 13.8. The van der Waals surface area contributed by atoms with Gasteiger partial charge in [-0.15, -0.1) is 12.4 Å². The second-order valence-electron chi connectivity index (χ2n) is 6.14. The molecule has 1 aliphatic carbocycles. The Labute approximate surface area is 133 Å². The number of rotatable bonds is 5. The molecule has 2 fully saturated rings. The molecule has 116 valence electrons. The van der Waals surface area contributed by atoms with Crippen LogP contribution in [-0.2, 0) is 4.79 Å². The van der Waals surface area contributed by atoms with Crippen LogP contribution in [-0.4, -0.2) is 18.5 Å². The predicted molar refractivity (Wildman–Crippen MR) is 87.6 cm³/mol. The van der Waals surface area contributed by atoms with Gasteiger partial charge in [0.15, 0.2) is 0 Å². The summed E-state index contributed by atoms with van der Waals surface area (Å²) in [5.74, 6) is 0.822. The monoisotopic (exact) mass is 308 g/mol. The number of carbonyl (C=O) groups excluding carboxylic acids is 1. The van der Waals surface area contributed by atoms with E-state index in [1.807, 2.05) is 6.07 Å². The van der Waals surface area contributed by atoms with Crippen LogP contribution in [0.15, 0.2) is 30.3 Å². The van der Waals surface area contributed by atoms with Crippen LogP contribution in [0.1, 0.15) is 50.1 Å². The third-order valence-electron chi connectivity index (χ3n) is 4.69. The number of carbonyl (C=O) groups is 1. The molecule has 1 saturated heterocycles. The molecular formula is C17H25ClN2O. The summed E-state index contributed by atoms with van der Waals surface area (Å²) in [4.78, 5) is 12.3. The van der Waals surface area contributed by atoms with Crippen LogP contribution in [0.2, 0.25) is 0 Å². The fourth-order valence-corrected chi connectivity index (χ4v) is 3.29. The Bertz CT molecular complexity index is 441. The molecule has 1 aliphatic heterocycles. The van der Waals surface area contributed by atoms with Crippen LogP contribution in [0.4, 0.5) is 0 Å². The average molecular weight is 309 g/mol. The normalized spacial score (nSPS) is 23.0. The maximum Gasteiger partial charge on any atom is 0.222 e. The molecule has 1 aromatic rings. The maximum absolute atomic E-state index is 12.3. The number of hydrogen-bond acceptors (Lipinski definition) is 2. The van der Waals surface area contributed by atoms with Gasteiger partial charge in [0.05, 0.1) is 6.04 Å². The van der Waals surface area contributed by atoms with Gasteiger partial charge >= 0.3 is 0 Å². The molecule has 1 saturated carbocycles. The highest BCUT2D eigenvalue weighted by molar-refractivity contribution is 5.85. The first-order valence-electron chi connectivity index (χ1n) is 7.90. The molecular weight excluding hydrogens is 284 g/mol. The summed E-state index contributed by atoms with van der Waals surface area (Å²) in [6, 6.07) is 11.0. The van der Waals surface area contributed by atoms with E-state index in [9.17, 15) is 4.79 Å². The van der Waals surface area contributed by atoms with E-state index < -0.39 is 0 Å². The molecule has 4 heteroatoms. The Balaban J connectivity index is 0.00000161. The van der Waals surface area contributed by atoms with E-state index >= 15 is 0 Å². The topological polar surface area (TPSA) is 41.1 Å². The highest BCUT2D eigenvalue weighted by Gasteiger charge is 2.30. The Morgan fingerprint density at radius 2 is 1.95 bits per heavy atom. The first-order valence-corrected chi connectivity index (χ1v) is 7.90. The molecule has 3 nitrogen and oxygen atoms in total. The average Bonchev–Trinajstić information content (AvgIpc) is 2.90. The van der Waals surface area contributed by atoms with Crippen molar-refractivity contribution < 1.29 is 4.79 Å². The summed E-state index contributed by atoms with van der Waals surface area (Å²) in [5, 5.41) is 6.68. The van der Waals surface area contributed by atoms with Gasteiger partial charge in [-0.1, -0.05) is 36.8 Å². The molecule has 2 atom stereocenters. The number of nitrogens with one attached hydrogen (secondary N) is 2. The molecule has 2 N–H and O–H groups in total. The Hall–Kier alpha value is -1.06. The van der Waals surface area contributed by atoms with Crippen LogP contribution < -0.4 is 10.6 Å². The lowest BCUT2D eigenvalue weighted by Crippen LogP contribution is -2.38. The molecule has 0 bridgehead atoms. The van der Waals surface area contributed by atoms with Crippen molar-refractivity contribution >= 4 is 18.3 Å². The molecule has 21 heavy (non-hydrogen) atoms. The minimum absolute atomic E-state index is 0. The van der Waals surface area contributed by atoms with Crippen LogP contribution >= 0.6 is 12.4 Å². The third kappa shape index (κ3) is 4.21. The first-order chi connectivity index (χ1) is 9.83. The third-order valence-corrected chi connectivity index (χ3v) is 4.69. The van der Waals surface area contributed by atoms with Crippen LogP contribution in [0, 0.1) is 5.92 Å². The summed E-state index contributed by atoms with van der Waals surface area (Å²) < 4.78 is 0. The zero-order valence-corrected chi connectivity index (χ0v) is 13.2. The van der Waals surface area contributed by atoms with E-state index in [2.05, 4.69) is 34.9 Å². The van der Waals surface area contributed by atoms with E-state index in [0.29, 0.717) is 18.4 Å². The molecule has 0 aromatic heterocycles. The first kappa shape index (κ1) is 16.3. The van der Waals surface area contributed by atoms with Crippen LogP contribution in [0.3, 0.4) is 0 Å². The molecule has 1 aromatic carbocycles. The molecule has 2 unspecified atom stereocenters. The van der Waals surface area contributed by atoms with Crippen molar-refractivity contribution in [2.75, 3.05) is 6.54 Å². The van der Waals surface area contributed by atoms with Crippen molar-refractivity contribution in [2.24, 2.45) is 5.92 Å². The van der Waals surface area contributed by atoms with Crippen molar-refractivity contribution in [1.29, 1.82) is 0 Å². The molecule has 2 aliphatic rings. The Kier molecular flexibility index (Phi) is 6.07.